The molecular weight excluding hydrogens is 332 g/mol. The van der Waals surface area contributed by atoms with E-state index in [-0.39, 0.29) is 0 Å². The van der Waals surface area contributed by atoms with Gasteiger partial charge < -0.3 is 10.6 Å². The Morgan fingerprint density at radius 2 is 1.55 bits per heavy atom. The second kappa shape index (κ2) is 7.22. The maximum atomic E-state index is 5.33. The van der Waals surface area contributed by atoms with Crippen molar-refractivity contribution in [2.45, 2.75) is 6.42 Å². The fourth-order valence-electron chi connectivity index (χ4n) is 1.70. The van der Waals surface area contributed by atoms with Gasteiger partial charge >= 0.3 is 0 Å². The van der Waals surface area contributed by atoms with Crippen LogP contribution in [0.5, 0.6) is 0 Å². The molecule has 0 fully saturated rings. The Hall–Kier alpha value is -1.65. The number of rotatable bonds is 5. The van der Waals surface area contributed by atoms with Gasteiger partial charge in [-0.25, -0.2) is 0 Å². The molecule has 0 aliphatic carbocycles. The molecule has 0 amide bonds. The van der Waals surface area contributed by atoms with Gasteiger partial charge in [0.1, 0.15) is 0 Å². The van der Waals surface area contributed by atoms with Gasteiger partial charge in [-0.15, -0.1) is 0 Å². The summed E-state index contributed by atoms with van der Waals surface area (Å²) in [5.74, 6) is 0. The van der Waals surface area contributed by atoms with E-state index >= 15 is 0 Å². The summed E-state index contributed by atoms with van der Waals surface area (Å²) in [6.07, 6.45) is 0.598. The summed E-state index contributed by atoms with van der Waals surface area (Å²) in [7, 11) is 0. The number of anilines is 2. The van der Waals surface area contributed by atoms with E-state index < -0.39 is 0 Å². The minimum Gasteiger partial charge on any atom is -0.359 e. The highest BCUT2D eigenvalue weighted by atomic mass is 79.9. The van der Waals surface area contributed by atoms with E-state index in [0.717, 1.165) is 26.5 Å². The summed E-state index contributed by atoms with van der Waals surface area (Å²) >= 11 is 8.74. The van der Waals surface area contributed by atoms with Crippen LogP contribution in [0.4, 0.5) is 11.4 Å². The zero-order valence-electron chi connectivity index (χ0n) is 10.9. The number of benzene rings is 2. The third-order valence-corrected chi connectivity index (χ3v) is 3.37. The van der Waals surface area contributed by atoms with Gasteiger partial charge in [-0.3, -0.25) is 0 Å². The van der Waals surface area contributed by atoms with Gasteiger partial charge in [0.15, 0.2) is 0 Å². The highest BCUT2D eigenvalue weighted by Gasteiger charge is 2.02. The fourth-order valence-corrected chi connectivity index (χ4v) is 2.26. The Labute approximate surface area is 133 Å². The van der Waals surface area contributed by atoms with Gasteiger partial charge in [0.05, 0.1) is 4.99 Å². The number of hydrogen-bond donors (Lipinski definition) is 2. The lowest BCUT2D eigenvalue weighted by Gasteiger charge is -2.12. The molecule has 4 heteroatoms. The van der Waals surface area contributed by atoms with Crippen molar-refractivity contribution in [3.63, 3.8) is 0 Å². The molecule has 0 spiro atoms. The zero-order valence-corrected chi connectivity index (χ0v) is 13.3. The second-order valence-electron chi connectivity index (χ2n) is 4.33. The first-order chi connectivity index (χ1) is 9.63. The molecule has 0 aromatic heterocycles. The Balaban J connectivity index is 1.85. The van der Waals surface area contributed by atoms with Crippen LogP contribution in [0.25, 0.3) is 0 Å². The van der Waals surface area contributed by atoms with Crippen LogP contribution in [0.1, 0.15) is 6.42 Å². The molecule has 0 aliphatic rings. The molecule has 2 rings (SSSR count). The highest BCUT2D eigenvalue weighted by molar-refractivity contribution is 9.10. The molecule has 0 saturated carbocycles. The van der Waals surface area contributed by atoms with Crippen LogP contribution in [0.15, 0.2) is 71.3 Å². The minimum atomic E-state index is 0.598. The summed E-state index contributed by atoms with van der Waals surface area (Å²) < 4.78 is 1.05. The first kappa shape index (κ1) is 14.8. The Morgan fingerprint density at radius 3 is 2.20 bits per heavy atom. The predicted octanol–water partition coefficient (Wildman–Crippen LogP) is 5.20. The third-order valence-electron chi connectivity index (χ3n) is 2.60. The summed E-state index contributed by atoms with van der Waals surface area (Å²) in [5.41, 5.74) is 2.86. The SMILES string of the molecule is C=C(CC(=S)Nc1ccccc1)Nc1ccc(Br)cc1. The zero-order chi connectivity index (χ0) is 14.4. The van der Waals surface area contributed by atoms with E-state index in [1.54, 1.807) is 0 Å². The van der Waals surface area contributed by atoms with Crippen molar-refractivity contribution >= 4 is 44.5 Å². The number of para-hydroxylation sites is 1. The second-order valence-corrected chi connectivity index (χ2v) is 5.73. The number of halogens is 1. The molecule has 0 bridgehead atoms. The van der Waals surface area contributed by atoms with Gasteiger partial charge in [0.25, 0.3) is 0 Å². The maximum Gasteiger partial charge on any atom is 0.0856 e. The Morgan fingerprint density at radius 1 is 0.950 bits per heavy atom. The minimum absolute atomic E-state index is 0.598. The monoisotopic (exact) mass is 346 g/mol. The van der Waals surface area contributed by atoms with E-state index in [9.17, 15) is 0 Å². The molecule has 0 aliphatic heterocycles. The van der Waals surface area contributed by atoms with Gasteiger partial charge in [-0.05, 0) is 36.4 Å². The van der Waals surface area contributed by atoms with Gasteiger partial charge in [0.2, 0.25) is 0 Å². The lowest BCUT2D eigenvalue weighted by atomic mass is 10.2. The lowest BCUT2D eigenvalue weighted by molar-refractivity contribution is 1.29. The van der Waals surface area contributed by atoms with Crippen LogP contribution >= 0.6 is 28.1 Å². The molecule has 2 N–H and O–H groups in total. The van der Waals surface area contributed by atoms with Crippen molar-refractivity contribution in [2.75, 3.05) is 10.6 Å². The first-order valence-electron chi connectivity index (χ1n) is 6.19. The Bertz CT molecular complexity index is 594. The molecule has 102 valence electrons. The highest BCUT2D eigenvalue weighted by Crippen LogP contribution is 2.16. The lowest BCUT2D eigenvalue weighted by Crippen LogP contribution is -2.12. The van der Waals surface area contributed by atoms with Gasteiger partial charge in [-0.1, -0.05) is 52.9 Å². The molecule has 20 heavy (non-hydrogen) atoms. The average molecular weight is 347 g/mol. The van der Waals surface area contributed by atoms with Crippen LogP contribution in [-0.4, -0.2) is 4.99 Å². The van der Waals surface area contributed by atoms with E-state index in [1.165, 1.54) is 0 Å². The van der Waals surface area contributed by atoms with Crippen molar-refractivity contribution in [1.29, 1.82) is 0 Å². The largest absolute Gasteiger partial charge is 0.359 e. The van der Waals surface area contributed by atoms with Gasteiger partial charge in [0, 0.05) is 28.0 Å². The van der Waals surface area contributed by atoms with Crippen LogP contribution in [0.3, 0.4) is 0 Å². The molecule has 0 unspecified atom stereocenters. The van der Waals surface area contributed by atoms with Crippen molar-refractivity contribution in [3.8, 4) is 0 Å². The Kier molecular flexibility index (Phi) is 5.32. The van der Waals surface area contributed by atoms with E-state index in [1.807, 2.05) is 54.6 Å². The summed E-state index contributed by atoms with van der Waals surface area (Å²) in [5, 5.41) is 6.43. The third kappa shape index (κ3) is 4.79. The molecule has 2 nitrogen and oxygen atoms in total. The van der Waals surface area contributed by atoms with E-state index in [0.29, 0.717) is 6.42 Å². The fraction of sp³-hybridized carbons (Fsp3) is 0.0625. The van der Waals surface area contributed by atoms with Gasteiger partial charge in [-0.2, -0.15) is 0 Å². The average Bonchev–Trinajstić information content (AvgIpc) is 2.42. The quantitative estimate of drug-likeness (QED) is 0.727. The van der Waals surface area contributed by atoms with Crippen molar-refractivity contribution < 1.29 is 0 Å². The van der Waals surface area contributed by atoms with Crippen LogP contribution in [0, 0.1) is 0 Å². The van der Waals surface area contributed by atoms with Crippen molar-refractivity contribution in [1.82, 2.24) is 0 Å². The molecular formula is C16H15BrN2S. The number of hydrogen-bond acceptors (Lipinski definition) is 2. The van der Waals surface area contributed by atoms with Crippen molar-refractivity contribution in [3.05, 3.63) is 71.3 Å². The molecule has 2 aromatic carbocycles. The van der Waals surface area contributed by atoms with Crippen molar-refractivity contribution in [2.24, 2.45) is 0 Å². The normalized spacial score (nSPS) is 9.85. The standard InChI is InChI=1S/C16H15BrN2S/c1-12(18-15-9-7-13(17)8-10-15)11-16(20)19-14-5-3-2-4-6-14/h2-10,18H,1,11H2,(H,19,20). The molecule has 2 aromatic rings. The summed E-state index contributed by atoms with van der Waals surface area (Å²) in [6.45, 7) is 4.00. The molecule has 0 atom stereocenters. The van der Waals surface area contributed by atoms with Crippen LogP contribution in [-0.2, 0) is 0 Å². The van der Waals surface area contributed by atoms with E-state index in [4.69, 9.17) is 12.2 Å². The topological polar surface area (TPSA) is 24.1 Å². The van der Waals surface area contributed by atoms with Crippen LogP contribution < -0.4 is 10.6 Å². The predicted molar refractivity (Wildman–Crippen MR) is 94.2 cm³/mol. The maximum absolute atomic E-state index is 5.33. The van der Waals surface area contributed by atoms with Crippen LogP contribution in [0.2, 0.25) is 0 Å². The summed E-state index contributed by atoms with van der Waals surface area (Å²) in [6, 6.07) is 17.8. The summed E-state index contributed by atoms with van der Waals surface area (Å²) in [4.78, 5) is 0.741. The molecule has 0 saturated heterocycles. The van der Waals surface area contributed by atoms with E-state index in [2.05, 4.69) is 33.1 Å². The number of nitrogens with one attached hydrogen (secondary N) is 2. The number of thiocarbonyl (C=S) groups is 1. The molecule has 0 radical (unpaired) electrons. The molecule has 0 heterocycles. The smallest absolute Gasteiger partial charge is 0.0856 e. The first-order valence-corrected chi connectivity index (χ1v) is 7.39.